The molecule has 1 unspecified atom stereocenters. The molecule has 0 saturated carbocycles. The lowest BCUT2D eigenvalue weighted by atomic mass is 10.0. The Hall–Kier alpha value is -3.03. The predicted molar refractivity (Wildman–Crippen MR) is 89.8 cm³/mol. The van der Waals surface area contributed by atoms with Gasteiger partial charge in [0, 0.05) is 25.5 Å². The fourth-order valence-corrected chi connectivity index (χ4v) is 3.21. The monoisotopic (exact) mass is 337 g/mol. The van der Waals surface area contributed by atoms with Gasteiger partial charge in [-0.1, -0.05) is 24.6 Å². The topological polar surface area (TPSA) is 90.5 Å². The van der Waals surface area contributed by atoms with Crippen molar-refractivity contribution in [2.75, 3.05) is 0 Å². The molecule has 4 rings (SSSR count). The molecule has 1 aromatic carbocycles. The van der Waals surface area contributed by atoms with Crippen LogP contribution in [0.4, 0.5) is 0 Å². The Morgan fingerprint density at radius 2 is 2.16 bits per heavy atom. The number of carbonyl (C=O) groups is 1. The molecule has 0 aliphatic carbocycles. The molecule has 1 aliphatic heterocycles. The highest BCUT2D eigenvalue weighted by atomic mass is 16.1. The number of carbonyl (C=O) groups excluding carboxylic acids is 1. The quantitative estimate of drug-likeness (QED) is 0.778. The summed E-state index contributed by atoms with van der Waals surface area (Å²) in [6.45, 7) is 1.21. The van der Waals surface area contributed by atoms with E-state index in [1.165, 1.54) is 0 Å². The van der Waals surface area contributed by atoms with Gasteiger partial charge in [0.2, 0.25) is 5.91 Å². The van der Waals surface area contributed by atoms with Crippen LogP contribution in [0.25, 0.3) is 5.69 Å². The Kier molecular flexibility index (Phi) is 4.24. The molecule has 1 N–H and O–H groups in total. The lowest BCUT2D eigenvalue weighted by molar-refractivity contribution is -0.123. The first kappa shape index (κ1) is 15.5. The molecule has 8 heteroatoms. The number of aromatic nitrogens is 6. The second kappa shape index (κ2) is 6.84. The van der Waals surface area contributed by atoms with Gasteiger partial charge in [0.15, 0.2) is 5.82 Å². The number of hydrogen-bond acceptors (Lipinski definition) is 5. The Morgan fingerprint density at radius 3 is 3.04 bits per heavy atom. The number of aryl methyl sites for hydroxylation is 1. The van der Waals surface area contributed by atoms with Crippen molar-refractivity contribution < 1.29 is 4.79 Å². The van der Waals surface area contributed by atoms with Crippen molar-refractivity contribution in [3.8, 4) is 5.69 Å². The number of hydrogen-bond donors (Lipinski definition) is 1. The third-order valence-electron chi connectivity index (χ3n) is 4.50. The fourth-order valence-electron chi connectivity index (χ4n) is 3.21. The summed E-state index contributed by atoms with van der Waals surface area (Å²) in [6.07, 6.45) is 6.37. The molecule has 0 bridgehead atoms. The van der Waals surface area contributed by atoms with E-state index in [1.807, 2.05) is 36.5 Å². The number of para-hydroxylation sites is 1. The summed E-state index contributed by atoms with van der Waals surface area (Å²) >= 11 is 0. The smallest absolute Gasteiger partial charge is 0.231 e. The van der Waals surface area contributed by atoms with Crippen molar-refractivity contribution in [2.45, 2.75) is 38.3 Å². The first-order chi connectivity index (χ1) is 12.3. The van der Waals surface area contributed by atoms with Crippen LogP contribution in [0, 0.1) is 0 Å². The maximum atomic E-state index is 12.7. The number of rotatable bonds is 4. The highest BCUT2D eigenvalue weighted by Crippen LogP contribution is 2.24. The molecule has 0 saturated heterocycles. The normalized spacial score (nSPS) is 16.9. The van der Waals surface area contributed by atoms with Gasteiger partial charge < -0.3 is 5.32 Å². The highest BCUT2D eigenvalue weighted by molar-refractivity contribution is 5.82. The summed E-state index contributed by atoms with van der Waals surface area (Å²) in [5.41, 5.74) is 1.96. The van der Waals surface area contributed by atoms with Crippen molar-refractivity contribution in [2.24, 2.45) is 0 Å². The Morgan fingerprint density at radius 1 is 1.24 bits per heavy atom. The number of benzene rings is 1. The predicted octanol–water partition coefficient (Wildman–Crippen LogP) is 1.44. The largest absolute Gasteiger partial charge is 0.351 e. The number of fused-ring (bicyclic) bond motifs is 1. The van der Waals surface area contributed by atoms with Crippen molar-refractivity contribution in [3.05, 3.63) is 54.1 Å². The first-order valence-corrected chi connectivity index (χ1v) is 8.44. The van der Waals surface area contributed by atoms with Crippen LogP contribution in [0.3, 0.4) is 0 Å². The number of nitrogens with zero attached hydrogens (tertiary/aromatic N) is 6. The van der Waals surface area contributed by atoms with Gasteiger partial charge in [0.05, 0.1) is 11.6 Å². The zero-order valence-electron chi connectivity index (χ0n) is 13.7. The van der Waals surface area contributed by atoms with E-state index in [2.05, 4.69) is 25.9 Å². The summed E-state index contributed by atoms with van der Waals surface area (Å²) in [6, 6.07) is 9.78. The molecule has 0 spiro atoms. The van der Waals surface area contributed by atoms with Gasteiger partial charge in [-0.25, -0.2) is 9.36 Å². The number of nitrogens with one attached hydrogen (secondary N) is 1. The first-order valence-electron chi connectivity index (χ1n) is 8.44. The molecule has 8 nitrogen and oxygen atoms in total. The van der Waals surface area contributed by atoms with Crippen LogP contribution in [-0.4, -0.2) is 35.9 Å². The van der Waals surface area contributed by atoms with Gasteiger partial charge in [-0.05, 0) is 41.0 Å². The number of amides is 1. The molecule has 128 valence electrons. The number of tetrazole rings is 1. The van der Waals surface area contributed by atoms with E-state index >= 15 is 0 Å². The van der Waals surface area contributed by atoms with Crippen LogP contribution in [0.5, 0.6) is 0 Å². The molecule has 0 fully saturated rings. The zero-order valence-corrected chi connectivity index (χ0v) is 13.7. The minimum atomic E-state index is -0.297. The SMILES string of the molecule is O=C(NCc1ccccc1-n1cccn1)C1CCCCn2nnnc21. The molecule has 1 aliphatic rings. The van der Waals surface area contributed by atoms with Crippen LogP contribution < -0.4 is 5.32 Å². The Bertz CT molecular complexity index is 856. The Labute approximate surface area is 144 Å². The molecule has 1 atom stereocenters. The Balaban J connectivity index is 1.50. The van der Waals surface area contributed by atoms with E-state index in [-0.39, 0.29) is 11.8 Å². The van der Waals surface area contributed by atoms with E-state index in [9.17, 15) is 4.79 Å². The highest BCUT2D eigenvalue weighted by Gasteiger charge is 2.28. The third-order valence-corrected chi connectivity index (χ3v) is 4.50. The van der Waals surface area contributed by atoms with Crippen LogP contribution >= 0.6 is 0 Å². The molecule has 25 heavy (non-hydrogen) atoms. The van der Waals surface area contributed by atoms with Crippen LogP contribution in [0.2, 0.25) is 0 Å². The average Bonchev–Trinajstić information content (AvgIpc) is 3.29. The second-order valence-electron chi connectivity index (χ2n) is 6.11. The molecule has 3 heterocycles. The summed E-state index contributed by atoms with van der Waals surface area (Å²) in [5, 5.41) is 19.1. The van der Waals surface area contributed by atoms with E-state index in [0.29, 0.717) is 12.4 Å². The van der Waals surface area contributed by atoms with E-state index < -0.39 is 0 Å². The maximum Gasteiger partial charge on any atom is 0.231 e. The summed E-state index contributed by atoms with van der Waals surface area (Å²) in [5.74, 6) is 0.331. The van der Waals surface area contributed by atoms with Crippen LogP contribution in [0.15, 0.2) is 42.7 Å². The van der Waals surface area contributed by atoms with Gasteiger partial charge in [0.25, 0.3) is 0 Å². The maximum absolute atomic E-state index is 12.7. The van der Waals surface area contributed by atoms with Crippen LogP contribution in [-0.2, 0) is 17.9 Å². The average molecular weight is 337 g/mol. The minimum absolute atomic E-state index is 0.0341. The van der Waals surface area contributed by atoms with Gasteiger partial charge >= 0.3 is 0 Å². The molecular weight excluding hydrogens is 318 g/mol. The minimum Gasteiger partial charge on any atom is -0.351 e. The summed E-state index contributed by atoms with van der Waals surface area (Å²) in [4.78, 5) is 12.7. The van der Waals surface area contributed by atoms with Gasteiger partial charge in [-0.2, -0.15) is 5.10 Å². The van der Waals surface area contributed by atoms with Gasteiger partial charge in [0.1, 0.15) is 0 Å². The van der Waals surface area contributed by atoms with Crippen molar-refractivity contribution in [1.82, 2.24) is 35.3 Å². The van der Waals surface area contributed by atoms with Crippen molar-refractivity contribution in [3.63, 3.8) is 0 Å². The molecule has 3 aromatic rings. The lowest BCUT2D eigenvalue weighted by Crippen LogP contribution is -2.30. The molecular formula is C17H19N7O. The van der Waals surface area contributed by atoms with Crippen molar-refractivity contribution >= 4 is 5.91 Å². The van der Waals surface area contributed by atoms with E-state index in [0.717, 1.165) is 37.1 Å². The van der Waals surface area contributed by atoms with Crippen molar-refractivity contribution in [1.29, 1.82) is 0 Å². The second-order valence-corrected chi connectivity index (χ2v) is 6.11. The molecule has 1 amide bonds. The fraction of sp³-hybridized carbons (Fsp3) is 0.353. The lowest BCUT2D eigenvalue weighted by Gasteiger charge is -2.15. The van der Waals surface area contributed by atoms with Gasteiger partial charge in [-0.3, -0.25) is 4.79 Å². The summed E-state index contributed by atoms with van der Waals surface area (Å²) < 4.78 is 3.54. The summed E-state index contributed by atoms with van der Waals surface area (Å²) in [7, 11) is 0. The van der Waals surface area contributed by atoms with Gasteiger partial charge in [-0.15, -0.1) is 5.10 Å². The zero-order chi connectivity index (χ0) is 17.1. The molecule has 2 aromatic heterocycles. The van der Waals surface area contributed by atoms with Crippen LogP contribution in [0.1, 0.15) is 36.6 Å². The van der Waals surface area contributed by atoms with E-state index in [4.69, 9.17) is 0 Å². The standard InChI is InChI=1S/C17H19N7O/c25-17(14-7-3-4-10-24-16(14)20-21-22-24)18-12-13-6-1-2-8-15(13)23-11-5-9-19-23/h1-2,5-6,8-9,11,14H,3-4,7,10,12H2,(H,18,25). The third kappa shape index (κ3) is 3.15. The van der Waals surface area contributed by atoms with E-state index in [1.54, 1.807) is 15.6 Å². The molecule has 0 radical (unpaired) electrons.